The molecule has 0 atom stereocenters. The number of hydrogen-bond donors (Lipinski definition) is 1. The van der Waals surface area contributed by atoms with Crippen molar-refractivity contribution in [2.24, 2.45) is 5.92 Å². The first-order chi connectivity index (χ1) is 8.61. The molecule has 1 aliphatic carbocycles. The van der Waals surface area contributed by atoms with E-state index in [1.165, 1.54) is 12.8 Å². The highest BCUT2D eigenvalue weighted by molar-refractivity contribution is 5.40. The van der Waals surface area contributed by atoms with Gasteiger partial charge in [0.15, 0.2) is 5.82 Å². The second kappa shape index (κ2) is 5.22. The molecule has 0 spiro atoms. The van der Waals surface area contributed by atoms with Gasteiger partial charge in [-0.3, -0.25) is 0 Å². The van der Waals surface area contributed by atoms with E-state index in [9.17, 15) is 0 Å². The van der Waals surface area contributed by atoms with Gasteiger partial charge in [0.1, 0.15) is 5.60 Å². The monoisotopic (exact) mass is 249 g/mol. The van der Waals surface area contributed by atoms with Crippen LogP contribution in [0.25, 0.3) is 0 Å². The highest BCUT2D eigenvalue weighted by Crippen LogP contribution is 2.40. The van der Waals surface area contributed by atoms with Gasteiger partial charge in [0, 0.05) is 7.11 Å². The smallest absolute Gasteiger partial charge is 0.160 e. The lowest BCUT2D eigenvalue weighted by Gasteiger charge is -2.37. The number of rotatable bonds is 3. The molecule has 18 heavy (non-hydrogen) atoms. The van der Waals surface area contributed by atoms with Crippen molar-refractivity contribution >= 4 is 5.69 Å². The molecular weight excluding hydrogens is 226 g/mol. The fourth-order valence-corrected chi connectivity index (χ4v) is 2.68. The molecule has 0 bridgehead atoms. The molecule has 0 amide bonds. The fourth-order valence-electron chi connectivity index (χ4n) is 2.68. The van der Waals surface area contributed by atoms with Crippen molar-refractivity contribution < 1.29 is 4.74 Å². The van der Waals surface area contributed by atoms with Gasteiger partial charge in [-0.25, -0.2) is 9.97 Å². The minimum atomic E-state index is -0.301. The summed E-state index contributed by atoms with van der Waals surface area (Å²) in [5, 5.41) is 0. The molecule has 2 rings (SSSR count). The summed E-state index contributed by atoms with van der Waals surface area (Å²) in [6.45, 7) is 4.35. The van der Waals surface area contributed by atoms with Crippen LogP contribution in [0.3, 0.4) is 0 Å². The Morgan fingerprint density at radius 3 is 2.67 bits per heavy atom. The Labute approximate surface area is 109 Å². The predicted molar refractivity (Wildman–Crippen MR) is 72.1 cm³/mol. The number of nitrogens with two attached hydrogens (primary N) is 1. The molecule has 0 radical (unpaired) electrons. The second-order valence-corrected chi connectivity index (χ2v) is 5.33. The van der Waals surface area contributed by atoms with Gasteiger partial charge in [-0.05, 0) is 38.0 Å². The Balaban J connectivity index is 2.32. The van der Waals surface area contributed by atoms with E-state index < -0.39 is 0 Å². The van der Waals surface area contributed by atoms with Crippen LogP contribution in [0.15, 0.2) is 6.20 Å². The molecular formula is C14H23N3O. The Hall–Kier alpha value is -1.16. The van der Waals surface area contributed by atoms with Crippen molar-refractivity contribution in [3.05, 3.63) is 17.7 Å². The van der Waals surface area contributed by atoms with Gasteiger partial charge in [0.2, 0.25) is 0 Å². The number of nitrogens with zero attached hydrogens (tertiary/aromatic N) is 2. The molecule has 1 aromatic rings. The molecule has 0 aliphatic heterocycles. The number of hydrogen-bond acceptors (Lipinski definition) is 4. The standard InChI is InChI=1S/C14H23N3O/c1-4-12-11(15)9-16-13(17-12)14(18-3)7-5-10(2)6-8-14/h9-10H,4-8,15H2,1-3H3. The molecule has 4 heteroatoms. The zero-order chi connectivity index (χ0) is 13.2. The molecule has 2 N–H and O–H groups in total. The van der Waals surface area contributed by atoms with Crippen LogP contribution in [0.4, 0.5) is 5.69 Å². The van der Waals surface area contributed by atoms with E-state index in [-0.39, 0.29) is 5.60 Å². The third-order valence-electron chi connectivity index (χ3n) is 4.12. The van der Waals surface area contributed by atoms with Crippen molar-refractivity contribution in [3.63, 3.8) is 0 Å². The van der Waals surface area contributed by atoms with Gasteiger partial charge in [-0.2, -0.15) is 0 Å². The Bertz CT molecular complexity index is 412. The highest BCUT2D eigenvalue weighted by atomic mass is 16.5. The summed E-state index contributed by atoms with van der Waals surface area (Å²) in [7, 11) is 1.77. The molecule has 4 nitrogen and oxygen atoms in total. The van der Waals surface area contributed by atoms with E-state index in [1.807, 2.05) is 0 Å². The minimum absolute atomic E-state index is 0.301. The van der Waals surface area contributed by atoms with Crippen LogP contribution in [0.2, 0.25) is 0 Å². The zero-order valence-corrected chi connectivity index (χ0v) is 11.6. The van der Waals surface area contributed by atoms with E-state index in [0.29, 0.717) is 5.69 Å². The number of aryl methyl sites for hydroxylation is 1. The third kappa shape index (κ3) is 2.34. The number of anilines is 1. The second-order valence-electron chi connectivity index (χ2n) is 5.33. The Morgan fingerprint density at radius 2 is 2.11 bits per heavy atom. The van der Waals surface area contributed by atoms with Crippen LogP contribution in [-0.2, 0) is 16.8 Å². The summed E-state index contributed by atoms with van der Waals surface area (Å²) < 4.78 is 5.79. The lowest BCUT2D eigenvalue weighted by molar-refractivity contribution is -0.0598. The lowest BCUT2D eigenvalue weighted by Crippen LogP contribution is -2.35. The van der Waals surface area contributed by atoms with Crippen molar-refractivity contribution in [3.8, 4) is 0 Å². The summed E-state index contributed by atoms with van der Waals surface area (Å²) in [6.07, 6.45) is 6.89. The average Bonchev–Trinajstić information content (AvgIpc) is 2.41. The molecule has 100 valence electrons. The summed E-state index contributed by atoms with van der Waals surface area (Å²) in [6, 6.07) is 0. The van der Waals surface area contributed by atoms with Crippen LogP contribution < -0.4 is 5.73 Å². The molecule has 1 heterocycles. The van der Waals surface area contributed by atoms with Crippen molar-refractivity contribution in [1.82, 2.24) is 9.97 Å². The summed E-state index contributed by atoms with van der Waals surface area (Å²) >= 11 is 0. The summed E-state index contributed by atoms with van der Waals surface area (Å²) in [5.41, 5.74) is 7.17. The van der Waals surface area contributed by atoms with E-state index >= 15 is 0 Å². The molecule has 1 aliphatic rings. The van der Waals surface area contributed by atoms with Gasteiger partial charge in [-0.1, -0.05) is 13.8 Å². The van der Waals surface area contributed by atoms with Gasteiger partial charge in [-0.15, -0.1) is 0 Å². The highest BCUT2D eigenvalue weighted by Gasteiger charge is 2.38. The predicted octanol–water partition coefficient (Wildman–Crippen LogP) is 2.67. The quantitative estimate of drug-likeness (QED) is 0.894. The molecule has 0 saturated heterocycles. The first-order valence-electron chi connectivity index (χ1n) is 6.78. The lowest BCUT2D eigenvalue weighted by atomic mass is 9.79. The Kier molecular flexibility index (Phi) is 3.85. The van der Waals surface area contributed by atoms with Gasteiger partial charge >= 0.3 is 0 Å². The maximum absolute atomic E-state index is 5.87. The van der Waals surface area contributed by atoms with E-state index in [1.54, 1.807) is 13.3 Å². The third-order valence-corrected chi connectivity index (χ3v) is 4.12. The Morgan fingerprint density at radius 1 is 1.44 bits per heavy atom. The van der Waals surface area contributed by atoms with Crippen LogP contribution >= 0.6 is 0 Å². The average molecular weight is 249 g/mol. The first-order valence-corrected chi connectivity index (χ1v) is 6.78. The minimum Gasteiger partial charge on any atom is -0.396 e. The maximum Gasteiger partial charge on any atom is 0.160 e. The number of nitrogen functional groups attached to an aromatic ring is 1. The first kappa shape index (κ1) is 13.3. The molecule has 0 aromatic carbocycles. The van der Waals surface area contributed by atoms with Gasteiger partial charge in [0.25, 0.3) is 0 Å². The SMILES string of the molecule is CCc1nc(C2(OC)CCC(C)CC2)ncc1N. The van der Waals surface area contributed by atoms with Crippen LogP contribution in [0, 0.1) is 5.92 Å². The molecule has 0 unspecified atom stereocenters. The van der Waals surface area contributed by atoms with Crippen molar-refractivity contribution in [1.29, 1.82) is 0 Å². The topological polar surface area (TPSA) is 61.0 Å². The van der Waals surface area contributed by atoms with Gasteiger partial charge < -0.3 is 10.5 Å². The largest absolute Gasteiger partial charge is 0.396 e. The molecule has 1 fully saturated rings. The van der Waals surface area contributed by atoms with E-state index in [4.69, 9.17) is 10.5 Å². The fraction of sp³-hybridized carbons (Fsp3) is 0.714. The zero-order valence-electron chi connectivity index (χ0n) is 11.6. The number of ether oxygens (including phenoxy) is 1. The van der Waals surface area contributed by atoms with Crippen LogP contribution in [0.1, 0.15) is 51.0 Å². The normalized spacial score (nSPS) is 28.3. The van der Waals surface area contributed by atoms with Crippen LogP contribution in [0.5, 0.6) is 0 Å². The molecule has 1 aromatic heterocycles. The van der Waals surface area contributed by atoms with Crippen molar-refractivity contribution in [2.45, 2.75) is 51.6 Å². The number of methoxy groups -OCH3 is 1. The van der Waals surface area contributed by atoms with Crippen LogP contribution in [-0.4, -0.2) is 17.1 Å². The number of aromatic nitrogens is 2. The van der Waals surface area contributed by atoms with E-state index in [0.717, 1.165) is 36.7 Å². The molecule has 1 saturated carbocycles. The maximum atomic E-state index is 5.87. The summed E-state index contributed by atoms with van der Waals surface area (Å²) in [4.78, 5) is 9.04. The van der Waals surface area contributed by atoms with Crippen molar-refractivity contribution in [2.75, 3.05) is 12.8 Å². The summed E-state index contributed by atoms with van der Waals surface area (Å²) in [5.74, 6) is 1.58. The van der Waals surface area contributed by atoms with Gasteiger partial charge in [0.05, 0.1) is 17.6 Å². The van der Waals surface area contributed by atoms with E-state index in [2.05, 4.69) is 23.8 Å².